The number of alkyl carbamates (subject to hydrolysis) is 1. The van der Waals surface area contributed by atoms with Crippen LogP contribution in [0.4, 0.5) is 16.2 Å². The Hall–Kier alpha value is -4.63. The van der Waals surface area contributed by atoms with Crippen LogP contribution in [0.15, 0.2) is 60.2 Å². The van der Waals surface area contributed by atoms with Crippen LogP contribution in [0, 0.1) is 5.92 Å². The fourth-order valence-electron chi connectivity index (χ4n) is 7.42. The number of ether oxygens (including phenoxy) is 5. The first-order valence-electron chi connectivity index (χ1n) is 19.0. The number of halogens is 1. The van der Waals surface area contributed by atoms with Gasteiger partial charge in [0, 0.05) is 50.8 Å². The quantitative estimate of drug-likeness (QED) is 0.223. The van der Waals surface area contributed by atoms with Crippen molar-refractivity contribution in [3.05, 3.63) is 76.3 Å². The number of likely N-dealkylation sites (N-methyl/N-ethyl adjacent to an activating group) is 1. The summed E-state index contributed by atoms with van der Waals surface area (Å²) in [6.45, 7) is 11.0. The molecular weight excluding hydrogens is 756 g/mol. The minimum absolute atomic E-state index is 0.0594. The number of epoxide rings is 1. The van der Waals surface area contributed by atoms with E-state index < -0.39 is 71.6 Å². The second-order valence-corrected chi connectivity index (χ2v) is 16.1. The monoisotopic (exact) mass is 810 g/mol. The number of carbonyl (C=O) groups is 4. The molecule has 310 valence electrons. The zero-order valence-corrected chi connectivity index (χ0v) is 35.0. The molecule has 0 radical (unpaired) electrons. The molecule has 15 heteroatoms. The van der Waals surface area contributed by atoms with Crippen molar-refractivity contribution in [2.45, 2.75) is 109 Å². The molecule has 0 spiro atoms. The van der Waals surface area contributed by atoms with Crippen molar-refractivity contribution < 1.29 is 48.0 Å². The Morgan fingerprint density at radius 1 is 1.14 bits per heavy atom. The molecule has 0 aliphatic carbocycles. The third-order valence-corrected chi connectivity index (χ3v) is 11.4. The van der Waals surface area contributed by atoms with E-state index in [1.165, 1.54) is 31.1 Å². The van der Waals surface area contributed by atoms with Gasteiger partial charge in [-0.05, 0) is 83.0 Å². The van der Waals surface area contributed by atoms with Crippen LogP contribution in [0.5, 0.6) is 5.75 Å². The van der Waals surface area contributed by atoms with Gasteiger partial charge >= 0.3 is 12.1 Å². The molecule has 57 heavy (non-hydrogen) atoms. The first-order chi connectivity index (χ1) is 26.8. The molecule has 0 aromatic heterocycles. The summed E-state index contributed by atoms with van der Waals surface area (Å²) in [7, 11) is 6.00. The summed E-state index contributed by atoms with van der Waals surface area (Å²) in [6.07, 6.45) is 0.829. The largest absolute Gasteiger partial charge is 0.495 e. The molecule has 3 heterocycles. The first-order valence-corrected chi connectivity index (χ1v) is 19.4. The lowest BCUT2D eigenvalue weighted by Crippen LogP contribution is -2.63. The molecule has 0 unspecified atom stereocenters. The van der Waals surface area contributed by atoms with Gasteiger partial charge in [0.1, 0.15) is 40.7 Å². The maximum Gasteiger partial charge on any atom is 0.409 e. The standard InChI is InChI=1S/C42H55ClN4O10/c1-23(2)44-29-16-14-28(15-17-29)38(49)46(7)26(5)39(50)56-34-21-35(48)47(8)30-19-27(20-31(53-9)36(30)43)18-24(3)12-11-13-33(54-10)42(52)22-32(55-40(51)45-42)25(4)37-41(34,6)57-37/h11-17,19-20,23,25-26,32-34,37,44,52H,18,21-22H2,1-10H3,(H,45,51)/b13-11+,24-12+/t25-,26+,32+,33-,34+,37+,41+,42+/m1/s1. The molecule has 14 nitrogen and oxygen atoms in total. The molecule has 3 N–H and O–H groups in total. The molecular formula is C42H55ClN4O10. The molecule has 4 bridgehead atoms. The average Bonchev–Trinajstić information content (AvgIpc) is 3.86. The van der Waals surface area contributed by atoms with E-state index >= 15 is 0 Å². The van der Waals surface area contributed by atoms with Gasteiger partial charge in [0.15, 0.2) is 5.72 Å². The zero-order valence-electron chi connectivity index (χ0n) is 34.3. The van der Waals surface area contributed by atoms with Crippen LogP contribution in [0.1, 0.15) is 70.3 Å². The highest BCUT2D eigenvalue weighted by molar-refractivity contribution is 6.35. The minimum Gasteiger partial charge on any atom is -0.495 e. The van der Waals surface area contributed by atoms with Crippen LogP contribution < -0.4 is 20.3 Å². The van der Waals surface area contributed by atoms with Crippen molar-refractivity contribution >= 4 is 46.9 Å². The molecule has 2 saturated heterocycles. The molecule has 3 aliphatic heterocycles. The number of benzene rings is 2. The van der Waals surface area contributed by atoms with Gasteiger partial charge in [-0.2, -0.15) is 0 Å². The summed E-state index contributed by atoms with van der Waals surface area (Å²) in [5, 5.41) is 17.8. The van der Waals surface area contributed by atoms with Gasteiger partial charge in [0.05, 0.1) is 25.3 Å². The lowest BCUT2D eigenvalue weighted by atomic mass is 9.83. The van der Waals surface area contributed by atoms with Gasteiger partial charge < -0.3 is 43.9 Å². The summed E-state index contributed by atoms with van der Waals surface area (Å²) in [5.41, 5.74) is 0.265. The molecule has 5 rings (SSSR count). The molecule has 3 amide bonds. The van der Waals surface area contributed by atoms with Gasteiger partial charge in [-0.1, -0.05) is 42.3 Å². The Balaban J connectivity index is 1.49. The van der Waals surface area contributed by atoms with E-state index in [0.29, 0.717) is 23.4 Å². The van der Waals surface area contributed by atoms with Crippen molar-refractivity contribution in [3.63, 3.8) is 0 Å². The van der Waals surface area contributed by atoms with Crippen LogP contribution in [-0.2, 0) is 35.0 Å². The predicted octanol–water partition coefficient (Wildman–Crippen LogP) is 5.65. The number of hydrogen-bond acceptors (Lipinski definition) is 11. The van der Waals surface area contributed by atoms with E-state index in [4.69, 9.17) is 35.3 Å². The van der Waals surface area contributed by atoms with Crippen molar-refractivity contribution in [1.29, 1.82) is 0 Å². The molecule has 2 aromatic carbocycles. The van der Waals surface area contributed by atoms with Crippen LogP contribution >= 0.6 is 11.6 Å². The number of methoxy groups -OCH3 is 2. The van der Waals surface area contributed by atoms with Gasteiger partial charge in [0.25, 0.3) is 5.91 Å². The molecule has 8 atom stereocenters. The Labute approximate surface area is 339 Å². The second kappa shape index (κ2) is 17.5. The van der Waals surface area contributed by atoms with E-state index in [0.717, 1.165) is 16.8 Å². The van der Waals surface area contributed by atoms with Gasteiger partial charge in [-0.3, -0.25) is 14.9 Å². The van der Waals surface area contributed by atoms with Crippen LogP contribution in [0.25, 0.3) is 0 Å². The molecule has 3 aliphatic rings. The van der Waals surface area contributed by atoms with Crippen molar-refractivity contribution in [2.24, 2.45) is 5.92 Å². The lowest BCUT2D eigenvalue weighted by molar-refractivity contribution is -0.158. The van der Waals surface area contributed by atoms with Crippen LogP contribution in [0.3, 0.4) is 0 Å². The number of aliphatic hydroxyl groups is 1. The number of carbonyl (C=O) groups excluding carboxylic acids is 4. The SMILES string of the molecule is COc1cc2cc(c1Cl)N(C)C(=O)C[C@H](OC(=O)[C@H](C)N(C)C(=O)c1ccc(NC(C)C)cc1)[C@]1(C)O[C@H]1[C@H](C)[C@@H]1C[C@@](O)(NC(=O)O1)[C@H](OC)/C=C/C=C(\C)C2. The maximum atomic E-state index is 14.2. The topological polar surface area (TPSA) is 168 Å². The Bertz CT molecular complexity index is 1900. The fraction of sp³-hybridized carbons (Fsp3) is 0.524. The zero-order chi connectivity index (χ0) is 42.0. The van der Waals surface area contributed by atoms with Crippen molar-refractivity contribution in [2.75, 3.05) is 38.5 Å². The van der Waals surface area contributed by atoms with Crippen molar-refractivity contribution in [1.82, 2.24) is 10.2 Å². The number of esters is 1. The highest BCUT2D eigenvalue weighted by Gasteiger charge is 2.64. The number of nitrogens with one attached hydrogen (secondary N) is 2. The number of fused-ring (bicyclic) bond motifs is 5. The summed E-state index contributed by atoms with van der Waals surface area (Å²) < 4.78 is 29.4. The predicted molar refractivity (Wildman–Crippen MR) is 215 cm³/mol. The number of allylic oxidation sites excluding steroid dienone is 3. The summed E-state index contributed by atoms with van der Waals surface area (Å²) in [4.78, 5) is 57.3. The molecule has 2 aromatic rings. The number of rotatable bonds is 8. The normalized spacial score (nSPS) is 29.8. The van der Waals surface area contributed by atoms with E-state index in [2.05, 4.69) is 10.6 Å². The van der Waals surface area contributed by atoms with Crippen molar-refractivity contribution in [3.8, 4) is 5.75 Å². The number of hydrogen-bond donors (Lipinski definition) is 3. The highest BCUT2D eigenvalue weighted by atomic mass is 35.5. The Morgan fingerprint density at radius 3 is 2.46 bits per heavy atom. The van der Waals surface area contributed by atoms with Gasteiger partial charge in [0.2, 0.25) is 5.91 Å². The van der Waals surface area contributed by atoms with E-state index in [1.54, 1.807) is 76.4 Å². The van der Waals surface area contributed by atoms with E-state index in [-0.39, 0.29) is 23.9 Å². The minimum atomic E-state index is -1.84. The highest BCUT2D eigenvalue weighted by Crippen LogP contribution is 2.49. The average molecular weight is 811 g/mol. The smallest absolute Gasteiger partial charge is 0.409 e. The van der Waals surface area contributed by atoms with Crippen LogP contribution in [-0.4, -0.2) is 110 Å². The van der Waals surface area contributed by atoms with E-state index in [9.17, 15) is 24.3 Å². The second-order valence-electron chi connectivity index (χ2n) is 15.7. The fourth-order valence-corrected chi connectivity index (χ4v) is 7.74. The van der Waals surface area contributed by atoms with Gasteiger partial charge in [-0.25, -0.2) is 9.59 Å². The van der Waals surface area contributed by atoms with Crippen LogP contribution in [0.2, 0.25) is 5.02 Å². The first kappa shape index (κ1) is 43.5. The van der Waals surface area contributed by atoms with Gasteiger partial charge in [-0.15, -0.1) is 0 Å². The summed E-state index contributed by atoms with van der Waals surface area (Å²) in [6, 6.07) is 9.69. The third-order valence-electron chi connectivity index (χ3n) is 11.0. The maximum absolute atomic E-state index is 14.2. The lowest BCUT2D eigenvalue weighted by Gasteiger charge is -2.42. The number of nitrogens with zero attached hydrogens (tertiary/aromatic N) is 2. The van der Waals surface area contributed by atoms with E-state index in [1.807, 2.05) is 26.8 Å². The summed E-state index contributed by atoms with van der Waals surface area (Å²) >= 11 is 6.79. The molecule has 0 saturated carbocycles. The molecule has 2 fully saturated rings. The Morgan fingerprint density at radius 2 is 1.82 bits per heavy atom. The summed E-state index contributed by atoms with van der Waals surface area (Å²) in [5.74, 6) is -1.78. The third kappa shape index (κ3) is 9.57. The number of amides is 3. The number of anilines is 2. The Kier molecular flexibility index (Phi) is 13.3.